The third kappa shape index (κ3) is 2.99. The molecule has 0 saturated heterocycles. The molecule has 0 aliphatic heterocycles. The number of rotatable bonds is 3. The van der Waals surface area contributed by atoms with Crippen LogP contribution in [0.15, 0.2) is 18.2 Å². The van der Waals surface area contributed by atoms with Crippen molar-refractivity contribution in [2.45, 2.75) is 39.2 Å². The van der Waals surface area contributed by atoms with E-state index in [1.165, 1.54) is 28.7 Å². The number of nitrogens with zero attached hydrogens (tertiary/aromatic N) is 2. The van der Waals surface area contributed by atoms with Gasteiger partial charge >= 0.3 is 0 Å². The summed E-state index contributed by atoms with van der Waals surface area (Å²) in [5, 5.41) is 5.99. The smallest absolute Gasteiger partial charge is 0.139 e. The number of benzene rings is 1. The lowest BCUT2D eigenvalue weighted by atomic mass is 9.97. The molecule has 0 amide bonds. The Labute approximate surface area is 155 Å². The second kappa shape index (κ2) is 6.51. The van der Waals surface area contributed by atoms with Crippen LogP contribution in [0.5, 0.6) is 0 Å². The standard InChI is InChI=1S/C18H17Cl2N3S/c1-10-22-17(21-9-11-6-7-12(19)8-14(11)20)16-13-4-2-3-5-15(13)24-18(16)23-10/h6-8H,2-5,9H2,1H3,(H,21,22,23). The summed E-state index contributed by atoms with van der Waals surface area (Å²) in [5.41, 5.74) is 2.44. The number of hydrogen-bond donors (Lipinski definition) is 1. The highest BCUT2D eigenvalue weighted by atomic mass is 35.5. The van der Waals surface area contributed by atoms with Gasteiger partial charge < -0.3 is 5.32 Å². The molecule has 0 spiro atoms. The number of thiophene rings is 1. The summed E-state index contributed by atoms with van der Waals surface area (Å²) in [6, 6.07) is 5.58. The van der Waals surface area contributed by atoms with Crippen molar-refractivity contribution in [3.05, 3.63) is 50.1 Å². The summed E-state index contributed by atoms with van der Waals surface area (Å²) in [6.45, 7) is 2.56. The van der Waals surface area contributed by atoms with Crippen LogP contribution >= 0.6 is 34.5 Å². The highest BCUT2D eigenvalue weighted by Gasteiger charge is 2.20. The van der Waals surface area contributed by atoms with Crippen molar-refractivity contribution in [3.8, 4) is 0 Å². The fourth-order valence-electron chi connectivity index (χ4n) is 3.24. The zero-order valence-electron chi connectivity index (χ0n) is 13.3. The molecule has 6 heteroatoms. The minimum absolute atomic E-state index is 0.617. The molecule has 0 saturated carbocycles. The summed E-state index contributed by atoms with van der Waals surface area (Å²) < 4.78 is 0. The van der Waals surface area contributed by atoms with Gasteiger partial charge in [0, 0.05) is 21.5 Å². The van der Waals surface area contributed by atoms with Crippen LogP contribution in [0.1, 0.15) is 34.7 Å². The summed E-state index contributed by atoms with van der Waals surface area (Å²) in [6.07, 6.45) is 4.81. The van der Waals surface area contributed by atoms with Crippen LogP contribution in [0.4, 0.5) is 5.82 Å². The van der Waals surface area contributed by atoms with Crippen LogP contribution in [-0.2, 0) is 19.4 Å². The molecule has 0 fully saturated rings. The predicted molar refractivity (Wildman–Crippen MR) is 103 cm³/mol. The molecule has 0 atom stereocenters. The Morgan fingerprint density at radius 1 is 1.17 bits per heavy atom. The topological polar surface area (TPSA) is 37.8 Å². The second-order valence-electron chi connectivity index (χ2n) is 6.10. The van der Waals surface area contributed by atoms with E-state index in [9.17, 15) is 0 Å². The van der Waals surface area contributed by atoms with Crippen molar-refractivity contribution in [2.75, 3.05) is 5.32 Å². The molecule has 124 valence electrons. The first kappa shape index (κ1) is 16.1. The van der Waals surface area contributed by atoms with E-state index in [1.54, 1.807) is 6.07 Å². The van der Waals surface area contributed by atoms with E-state index in [0.717, 1.165) is 34.9 Å². The summed E-state index contributed by atoms with van der Waals surface area (Å²) >= 11 is 14.1. The average molecular weight is 378 g/mol. The Hall–Kier alpha value is -1.36. The highest BCUT2D eigenvalue weighted by Crippen LogP contribution is 2.38. The molecule has 2 aromatic heterocycles. The van der Waals surface area contributed by atoms with Gasteiger partial charge in [-0.25, -0.2) is 9.97 Å². The van der Waals surface area contributed by atoms with Crippen LogP contribution in [0.2, 0.25) is 10.0 Å². The molecule has 1 aromatic carbocycles. The van der Waals surface area contributed by atoms with E-state index in [0.29, 0.717) is 16.6 Å². The third-order valence-corrected chi connectivity index (χ3v) is 6.16. The number of anilines is 1. The number of aryl methyl sites for hydroxylation is 3. The molecular weight excluding hydrogens is 361 g/mol. The van der Waals surface area contributed by atoms with E-state index in [-0.39, 0.29) is 0 Å². The first-order chi connectivity index (χ1) is 11.6. The molecule has 1 N–H and O–H groups in total. The van der Waals surface area contributed by atoms with E-state index < -0.39 is 0 Å². The van der Waals surface area contributed by atoms with Gasteiger partial charge in [0.2, 0.25) is 0 Å². The lowest BCUT2D eigenvalue weighted by Gasteiger charge is -2.13. The highest BCUT2D eigenvalue weighted by molar-refractivity contribution is 7.19. The molecule has 4 rings (SSSR count). The maximum Gasteiger partial charge on any atom is 0.139 e. The van der Waals surface area contributed by atoms with Gasteiger partial charge in [-0.1, -0.05) is 29.3 Å². The van der Waals surface area contributed by atoms with Crippen molar-refractivity contribution >= 4 is 50.6 Å². The van der Waals surface area contributed by atoms with E-state index in [2.05, 4.69) is 15.3 Å². The molecule has 1 aliphatic rings. The fourth-order valence-corrected chi connectivity index (χ4v) is 5.02. The van der Waals surface area contributed by atoms with Gasteiger partial charge in [0.15, 0.2) is 0 Å². The molecule has 1 aliphatic carbocycles. The van der Waals surface area contributed by atoms with Crippen molar-refractivity contribution in [2.24, 2.45) is 0 Å². The molecule has 0 bridgehead atoms. The number of aromatic nitrogens is 2. The van der Waals surface area contributed by atoms with Gasteiger partial charge in [0.25, 0.3) is 0 Å². The zero-order chi connectivity index (χ0) is 16.7. The SMILES string of the molecule is Cc1nc(NCc2ccc(Cl)cc2Cl)c2c3c(sc2n1)CCCC3. The van der Waals surface area contributed by atoms with Crippen LogP contribution in [0.25, 0.3) is 10.2 Å². The van der Waals surface area contributed by atoms with E-state index in [1.807, 2.05) is 30.4 Å². The lowest BCUT2D eigenvalue weighted by molar-refractivity contribution is 0.700. The Balaban J connectivity index is 1.71. The number of nitrogens with one attached hydrogen (secondary N) is 1. The van der Waals surface area contributed by atoms with Gasteiger partial charge in [-0.2, -0.15) is 0 Å². The molecule has 0 radical (unpaired) electrons. The Morgan fingerprint density at radius 2 is 2.00 bits per heavy atom. The van der Waals surface area contributed by atoms with E-state index >= 15 is 0 Å². The molecular formula is C18H17Cl2N3S. The summed E-state index contributed by atoms with van der Waals surface area (Å²) in [5.74, 6) is 1.72. The first-order valence-electron chi connectivity index (χ1n) is 8.08. The molecule has 24 heavy (non-hydrogen) atoms. The monoisotopic (exact) mass is 377 g/mol. The van der Waals surface area contributed by atoms with Crippen molar-refractivity contribution in [1.29, 1.82) is 0 Å². The fraction of sp³-hybridized carbons (Fsp3) is 0.333. The molecule has 0 unspecified atom stereocenters. The molecule has 3 aromatic rings. The number of hydrogen-bond acceptors (Lipinski definition) is 4. The first-order valence-corrected chi connectivity index (χ1v) is 9.66. The largest absolute Gasteiger partial charge is 0.365 e. The number of fused-ring (bicyclic) bond motifs is 3. The van der Waals surface area contributed by atoms with Gasteiger partial charge in [-0.3, -0.25) is 0 Å². The van der Waals surface area contributed by atoms with Gasteiger partial charge in [0.1, 0.15) is 16.5 Å². The van der Waals surface area contributed by atoms with E-state index in [4.69, 9.17) is 23.2 Å². The lowest BCUT2D eigenvalue weighted by Crippen LogP contribution is -2.06. The van der Waals surface area contributed by atoms with Crippen LogP contribution < -0.4 is 5.32 Å². The third-order valence-electron chi connectivity index (χ3n) is 4.39. The van der Waals surface area contributed by atoms with Gasteiger partial charge in [-0.15, -0.1) is 11.3 Å². The Bertz CT molecular complexity index is 920. The van der Waals surface area contributed by atoms with Crippen LogP contribution in [0, 0.1) is 6.92 Å². The minimum atomic E-state index is 0.617. The number of halogens is 2. The van der Waals surface area contributed by atoms with Crippen molar-refractivity contribution in [3.63, 3.8) is 0 Å². The van der Waals surface area contributed by atoms with Crippen LogP contribution in [-0.4, -0.2) is 9.97 Å². The second-order valence-corrected chi connectivity index (χ2v) is 8.03. The van der Waals surface area contributed by atoms with Crippen molar-refractivity contribution in [1.82, 2.24) is 9.97 Å². The Morgan fingerprint density at radius 3 is 2.83 bits per heavy atom. The predicted octanol–water partition coefficient (Wildman–Crippen LogP) is 5.80. The minimum Gasteiger partial charge on any atom is -0.365 e. The van der Waals surface area contributed by atoms with Crippen LogP contribution in [0.3, 0.4) is 0 Å². The molecule has 3 nitrogen and oxygen atoms in total. The quantitative estimate of drug-likeness (QED) is 0.626. The maximum absolute atomic E-state index is 6.28. The average Bonchev–Trinajstić information content (AvgIpc) is 2.91. The van der Waals surface area contributed by atoms with Crippen molar-refractivity contribution < 1.29 is 0 Å². The molecule has 2 heterocycles. The zero-order valence-corrected chi connectivity index (χ0v) is 15.7. The summed E-state index contributed by atoms with van der Waals surface area (Å²) in [4.78, 5) is 11.9. The maximum atomic E-state index is 6.28. The normalized spacial score (nSPS) is 14.0. The Kier molecular flexibility index (Phi) is 4.37. The summed E-state index contributed by atoms with van der Waals surface area (Å²) in [7, 11) is 0. The van der Waals surface area contributed by atoms with Gasteiger partial charge in [-0.05, 0) is 55.9 Å². The van der Waals surface area contributed by atoms with Gasteiger partial charge in [0.05, 0.1) is 5.39 Å².